The number of amides is 1. The Morgan fingerprint density at radius 3 is 2.67 bits per heavy atom. The van der Waals surface area contributed by atoms with Gasteiger partial charge in [0.2, 0.25) is 5.91 Å². The lowest BCUT2D eigenvalue weighted by molar-refractivity contribution is -0.133. The summed E-state index contributed by atoms with van der Waals surface area (Å²) in [6.45, 7) is 4.05. The molecule has 1 amide bonds. The third-order valence-corrected chi connectivity index (χ3v) is 2.01. The van der Waals surface area contributed by atoms with Crippen LogP contribution in [0.3, 0.4) is 0 Å². The first-order chi connectivity index (χ1) is 4.24. The number of alkyl halides is 1. The molecule has 0 N–H and O–H groups in total. The molecule has 1 heterocycles. The van der Waals surface area contributed by atoms with Crippen LogP contribution in [0, 0.1) is 5.92 Å². The summed E-state index contributed by atoms with van der Waals surface area (Å²) in [7, 11) is 0. The maximum absolute atomic E-state index is 10.8. The van der Waals surface area contributed by atoms with Gasteiger partial charge in [-0.2, -0.15) is 0 Å². The van der Waals surface area contributed by atoms with Crippen molar-refractivity contribution in [2.24, 2.45) is 5.92 Å². The summed E-state index contributed by atoms with van der Waals surface area (Å²) >= 11 is 3.12. The van der Waals surface area contributed by atoms with E-state index in [1.807, 2.05) is 4.90 Å². The Kier molecular flexibility index (Phi) is 2.11. The first-order valence-electron chi connectivity index (χ1n) is 3.07. The summed E-state index contributed by atoms with van der Waals surface area (Å²) in [4.78, 5) is 12.7. The van der Waals surface area contributed by atoms with E-state index in [9.17, 15) is 4.79 Å². The standard InChI is InChI=1S/C6H10BrNO/c1-5-3-8(4-5)6(9)2-7/h5H,2-4H2,1H3. The molecule has 1 rings (SSSR count). The molecule has 52 valence electrons. The fourth-order valence-corrected chi connectivity index (χ4v) is 1.34. The zero-order valence-corrected chi connectivity index (χ0v) is 7.02. The van der Waals surface area contributed by atoms with E-state index >= 15 is 0 Å². The highest BCUT2D eigenvalue weighted by Crippen LogP contribution is 2.14. The van der Waals surface area contributed by atoms with Gasteiger partial charge in [-0.25, -0.2) is 0 Å². The Morgan fingerprint density at radius 1 is 1.78 bits per heavy atom. The van der Waals surface area contributed by atoms with Crippen LogP contribution in [0.1, 0.15) is 6.92 Å². The Hall–Kier alpha value is -0.0500. The second-order valence-corrected chi connectivity index (χ2v) is 3.10. The van der Waals surface area contributed by atoms with Gasteiger partial charge in [0, 0.05) is 13.1 Å². The van der Waals surface area contributed by atoms with Gasteiger partial charge in [-0.05, 0) is 5.92 Å². The topological polar surface area (TPSA) is 20.3 Å². The van der Waals surface area contributed by atoms with Crippen LogP contribution in [0.5, 0.6) is 0 Å². The van der Waals surface area contributed by atoms with E-state index < -0.39 is 0 Å². The number of rotatable bonds is 1. The van der Waals surface area contributed by atoms with Gasteiger partial charge in [-0.1, -0.05) is 22.9 Å². The molecule has 1 fully saturated rings. The lowest BCUT2D eigenvalue weighted by Crippen LogP contribution is -2.49. The van der Waals surface area contributed by atoms with E-state index in [0.717, 1.165) is 13.1 Å². The maximum Gasteiger partial charge on any atom is 0.233 e. The molecule has 0 bridgehead atoms. The van der Waals surface area contributed by atoms with E-state index in [-0.39, 0.29) is 5.91 Å². The van der Waals surface area contributed by atoms with Crippen molar-refractivity contribution in [3.05, 3.63) is 0 Å². The lowest BCUT2D eigenvalue weighted by Gasteiger charge is -2.36. The summed E-state index contributed by atoms with van der Waals surface area (Å²) < 4.78 is 0. The van der Waals surface area contributed by atoms with Crippen molar-refractivity contribution in [3.8, 4) is 0 Å². The molecule has 1 aliphatic rings. The number of carbonyl (C=O) groups excluding carboxylic acids is 1. The van der Waals surface area contributed by atoms with Crippen LogP contribution in [0.2, 0.25) is 0 Å². The molecule has 0 unspecified atom stereocenters. The fraction of sp³-hybridized carbons (Fsp3) is 0.833. The van der Waals surface area contributed by atoms with Gasteiger partial charge in [0.05, 0.1) is 5.33 Å². The number of hydrogen-bond acceptors (Lipinski definition) is 1. The summed E-state index contributed by atoms with van der Waals surface area (Å²) in [5.41, 5.74) is 0. The van der Waals surface area contributed by atoms with Crippen molar-refractivity contribution in [1.82, 2.24) is 4.90 Å². The minimum absolute atomic E-state index is 0.216. The molecule has 0 aromatic rings. The molecule has 0 aromatic heterocycles. The Morgan fingerprint density at radius 2 is 2.33 bits per heavy atom. The van der Waals surface area contributed by atoms with Gasteiger partial charge in [0.1, 0.15) is 0 Å². The number of nitrogens with zero attached hydrogens (tertiary/aromatic N) is 1. The van der Waals surface area contributed by atoms with Crippen molar-refractivity contribution in [1.29, 1.82) is 0 Å². The summed E-state index contributed by atoms with van der Waals surface area (Å²) in [6, 6.07) is 0. The monoisotopic (exact) mass is 191 g/mol. The van der Waals surface area contributed by atoms with E-state index in [0.29, 0.717) is 11.2 Å². The van der Waals surface area contributed by atoms with Gasteiger partial charge in [-0.15, -0.1) is 0 Å². The summed E-state index contributed by atoms with van der Waals surface area (Å²) in [5, 5.41) is 0.472. The van der Waals surface area contributed by atoms with Gasteiger partial charge in [0.15, 0.2) is 0 Å². The fourth-order valence-electron chi connectivity index (χ4n) is 0.987. The molecule has 1 aliphatic heterocycles. The SMILES string of the molecule is CC1CN(C(=O)CBr)C1. The number of carbonyl (C=O) groups is 1. The van der Waals surface area contributed by atoms with Crippen molar-refractivity contribution in [3.63, 3.8) is 0 Å². The predicted octanol–water partition coefficient (Wildman–Crippen LogP) is 0.860. The third-order valence-electron chi connectivity index (χ3n) is 1.53. The van der Waals surface area contributed by atoms with Crippen molar-refractivity contribution >= 4 is 21.8 Å². The molecule has 3 heteroatoms. The molecular weight excluding hydrogens is 182 g/mol. The van der Waals surface area contributed by atoms with Gasteiger partial charge in [0.25, 0.3) is 0 Å². The van der Waals surface area contributed by atoms with Crippen LogP contribution in [0.15, 0.2) is 0 Å². The van der Waals surface area contributed by atoms with Crippen LogP contribution in [0.4, 0.5) is 0 Å². The minimum Gasteiger partial charge on any atom is -0.341 e. The highest BCUT2D eigenvalue weighted by atomic mass is 79.9. The van der Waals surface area contributed by atoms with Crippen LogP contribution in [0.25, 0.3) is 0 Å². The van der Waals surface area contributed by atoms with Crippen LogP contribution < -0.4 is 0 Å². The smallest absolute Gasteiger partial charge is 0.233 e. The van der Waals surface area contributed by atoms with E-state index in [1.165, 1.54) is 0 Å². The predicted molar refractivity (Wildman–Crippen MR) is 39.5 cm³/mol. The molecule has 1 saturated heterocycles. The number of halogens is 1. The second-order valence-electron chi connectivity index (χ2n) is 2.54. The number of hydrogen-bond donors (Lipinski definition) is 0. The van der Waals surface area contributed by atoms with E-state index in [4.69, 9.17) is 0 Å². The minimum atomic E-state index is 0.216. The molecule has 0 aliphatic carbocycles. The third kappa shape index (κ3) is 1.45. The van der Waals surface area contributed by atoms with Crippen LogP contribution >= 0.6 is 15.9 Å². The zero-order valence-electron chi connectivity index (χ0n) is 5.43. The normalized spacial score (nSPS) is 19.6. The van der Waals surface area contributed by atoms with Crippen molar-refractivity contribution in [2.75, 3.05) is 18.4 Å². The highest BCUT2D eigenvalue weighted by Gasteiger charge is 2.25. The highest BCUT2D eigenvalue weighted by molar-refractivity contribution is 9.09. The molecule has 0 saturated carbocycles. The average molecular weight is 192 g/mol. The number of likely N-dealkylation sites (tertiary alicyclic amines) is 1. The Balaban J connectivity index is 2.23. The lowest BCUT2D eigenvalue weighted by atomic mass is 10.0. The zero-order chi connectivity index (χ0) is 6.85. The van der Waals surface area contributed by atoms with Gasteiger partial charge < -0.3 is 4.90 Å². The van der Waals surface area contributed by atoms with E-state index in [1.54, 1.807) is 0 Å². The molecular formula is C6H10BrNO. The summed E-state index contributed by atoms with van der Waals surface area (Å²) in [6.07, 6.45) is 0. The Labute approximate surface area is 63.3 Å². The molecule has 9 heavy (non-hydrogen) atoms. The van der Waals surface area contributed by atoms with Crippen molar-refractivity contribution in [2.45, 2.75) is 6.92 Å². The van der Waals surface area contributed by atoms with Crippen LogP contribution in [-0.4, -0.2) is 29.2 Å². The molecule has 2 nitrogen and oxygen atoms in total. The Bertz CT molecular complexity index is 120. The van der Waals surface area contributed by atoms with Crippen LogP contribution in [-0.2, 0) is 4.79 Å². The molecule has 0 spiro atoms. The van der Waals surface area contributed by atoms with E-state index in [2.05, 4.69) is 22.9 Å². The quantitative estimate of drug-likeness (QED) is 0.564. The van der Waals surface area contributed by atoms with Gasteiger partial charge in [-0.3, -0.25) is 4.79 Å². The molecule has 0 radical (unpaired) electrons. The largest absolute Gasteiger partial charge is 0.341 e. The molecule has 0 aromatic carbocycles. The first kappa shape index (κ1) is 7.06. The summed E-state index contributed by atoms with van der Waals surface area (Å²) in [5.74, 6) is 0.932. The first-order valence-corrected chi connectivity index (χ1v) is 4.20. The maximum atomic E-state index is 10.8. The average Bonchev–Trinajstić information content (AvgIpc) is 1.79. The second kappa shape index (κ2) is 2.69. The van der Waals surface area contributed by atoms with Crippen molar-refractivity contribution < 1.29 is 4.79 Å². The van der Waals surface area contributed by atoms with Gasteiger partial charge >= 0.3 is 0 Å². The molecule has 0 atom stereocenters.